The number of benzene rings is 4. The second kappa shape index (κ2) is 7.38. The molecule has 1 heterocycles. The summed E-state index contributed by atoms with van der Waals surface area (Å²) in [6.07, 6.45) is 0.471. The van der Waals surface area contributed by atoms with E-state index in [0.717, 1.165) is 11.3 Å². The largest absolute Gasteiger partial charge is 0.308 e. The topological polar surface area (TPSA) is 20.3 Å². The molecule has 1 amide bonds. The smallest absolute Gasteiger partial charge is 0.228 e. The molecule has 0 spiro atoms. The normalized spacial score (nSPS) is 16.1. The van der Waals surface area contributed by atoms with Gasteiger partial charge in [-0.15, -0.1) is 0 Å². The molecule has 0 saturated heterocycles. The summed E-state index contributed by atoms with van der Waals surface area (Å²) in [5.41, 5.74) is 4.50. The van der Waals surface area contributed by atoms with Gasteiger partial charge >= 0.3 is 0 Å². The molecule has 4 aromatic rings. The Morgan fingerprint density at radius 2 is 1.55 bits per heavy atom. The third kappa shape index (κ3) is 3.30. The van der Waals surface area contributed by atoms with Gasteiger partial charge in [-0.25, -0.2) is 0 Å². The number of fused-ring (bicyclic) bond motifs is 3. The van der Waals surface area contributed by atoms with Crippen LogP contribution in [0.3, 0.4) is 0 Å². The molecule has 4 aromatic carbocycles. The zero-order valence-electron chi connectivity index (χ0n) is 15.9. The Labute approximate surface area is 175 Å². The summed E-state index contributed by atoms with van der Waals surface area (Å²) >= 11 is 6.04. The van der Waals surface area contributed by atoms with Crippen LogP contribution in [-0.2, 0) is 11.3 Å². The average Bonchev–Trinajstić information content (AvgIpc) is 2.77. The highest BCUT2D eigenvalue weighted by atomic mass is 35.5. The summed E-state index contributed by atoms with van der Waals surface area (Å²) in [4.78, 5) is 15.2. The van der Waals surface area contributed by atoms with Gasteiger partial charge in [0.15, 0.2) is 0 Å². The van der Waals surface area contributed by atoms with E-state index in [1.54, 1.807) is 0 Å². The van der Waals surface area contributed by atoms with E-state index in [0.29, 0.717) is 18.0 Å². The van der Waals surface area contributed by atoms with Crippen molar-refractivity contribution in [2.75, 3.05) is 4.90 Å². The van der Waals surface area contributed by atoms with E-state index in [1.807, 2.05) is 47.4 Å². The molecular formula is C26H20ClNO. The van der Waals surface area contributed by atoms with E-state index in [9.17, 15) is 4.79 Å². The van der Waals surface area contributed by atoms with Crippen molar-refractivity contribution in [2.24, 2.45) is 0 Å². The van der Waals surface area contributed by atoms with Crippen molar-refractivity contribution in [3.05, 3.63) is 113 Å². The SMILES string of the molecule is O=C1CC(c2ccccc2)c2c(ccc3ccccc23)N1Cc1ccc(Cl)cc1. The fourth-order valence-electron chi connectivity index (χ4n) is 4.32. The summed E-state index contributed by atoms with van der Waals surface area (Å²) < 4.78 is 0. The Kier molecular flexibility index (Phi) is 4.57. The Morgan fingerprint density at radius 1 is 0.828 bits per heavy atom. The van der Waals surface area contributed by atoms with Crippen LogP contribution in [0.2, 0.25) is 5.02 Å². The molecule has 0 bridgehead atoms. The molecule has 2 nitrogen and oxygen atoms in total. The van der Waals surface area contributed by atoms with Crippen molar-refractivity contribution >= 4 is 34.0 Å². The van der Waals surface area contributed by atoms with Crippen LogP contribution in [0.15, 0.2) is 91.0 Å². The first-order valence-corrected chi connectivity index (χ1v) is 10.2. The van der Waals surface area contributed by atoms with E-state index < -0.39 is 0 Å². The van der Waals surface area contributed by atoms with E-state index in [1.165, 1.54) is 21.9 Å². The third-order valence-electron chi connectivity index (χ3n) is 5.72. The van der Waals surface area contributed by atoms with Gasteiger partial charge in [0.1, 0.15) is 0 Å². The molecule has 0 aromatic heterocycles. The van der Waals surface area contributed by atoms with Gasteiger partial charge in [0.2, 0.25) is 5.91 Å². The van der Waals surface area contributed by atoms with Crippen LogP contribution >= 0.6 is 11.6 Å². The third-order valence-corrected chi connectivity index (χ3v) is 5.97. The summed E-state index contributed by atoms with van der Waals surface area (Å²) in [7, 11) is 0. The van der Waals surface area contributed by atoms with Crippen molar-refractivity contribution in [3.63, 3.8) is 0 Å². The average molecular weight is 398 g/mol. The lowest BCUT2D eigenvalue weighted by atomic mass is 9.81. The molecule has 0 N–H and O–H groups in total. The highest BCUT2D eigenvalue weighted by molar-refractivity contribution is 6.30. The van der Waals surface area contributed by atoms with Crippen LogP contribution in [0.25, 0.3) is 10.8 Å². The highest BCUT2D eigenvalue weighted by Gasteiger charge is 2.33. The molecule has 29 heavy (non-hydrogen) atoms. The predicted octanol–water partition coefficient (Wildman–Crippen LogP) is 6.56. The van der Waals surface area contributed by atoms with Crippen molar-refractivity contribution in [1.82, 2.24) is 0 Å². The van der Waals surface area contributed by atoms with Gasteiger partial charge in [-0.2, -0.15) is 0 Å². The molecule has 0 fully saturated rings. The maximum atomic E-state index is 13.2. The molecule has 0 radical (unpaired) electrons. The quantitative estimate of drug-likeness (QED) is 0.383. The minimum atomic E-state index is 0.0614. The van der Waals surface area contributed by atoms with Crippen molar-refractivity contribution in [3.8, 4) is 0 Å². The number of hydrogen-bond donors (Lipinski definition) is 0. The molecule has 5 rings (SSSR count). The number of carbonyl (C=O) groups excluding carboxylic acids is 1. The molecule has 0 aliphatic carbocycles. The minimum Gasteiger partial charge on any atom is -0.308 e. The van der Waals surface area contributed by atoms with E-state index in [2.05, 4.69) is 48.5 Å². The zero-order chi connectivity index (χ0) is 19.8. The van der Waals surface area contributed by atoms with Crippen LogP contribution in [0.5, 0.6) is 0 Å². The van der Waals surface area contributed by atoms with Crippen LogP contribution in [0.1, 0.15) is 29.0 Å². The predicted molar refractivity (Wildman–Crippen MR) is 119 cm³/mol. The van der Waals surface area contributed by atoms with Crippen LogP contribution in [0, 0.1) is 0 Å². The lowest BCUT2D eigenvalue weighted by Gasteiger charge is -2.35. The van der Waals surface area contributed by atoms with E-state index in [4.69, 9.17) is 11.6 Å². The first-order valence-electron chi connectivity index (χ1n) is 9.82. The van der Waals surface area contributed by atoms with Crippen molar-refractivity contribution in [1.29, 1.82) is 0 Å². The van der Waals surface area contributed by atoms with Crippen molar-refractivity contribution in [2.45, 2.75) is 18.9 Å². The van der Waals surface area contributed by atoms with E-state index >= 15 is 0 Å². The molecule has 1 aliphatic rings. The second-order valence-electron chi connectivity index (χ2n) is 7.49. The van der Waals surface area contributed by atoms with Gasteiger partial charge < -0.3 is 4.90 Å². The van der Waals surface area contributed by atoms with Gasteiger partial charge in [0.05, 0.1) is 6.54 Å². The van der Waals surface area contributed by atoms with Crippen LogP contribution in [0.4, 0.5) is 5.69 Å². The summed E-state index contributed by atoms with van der Waals surface area (Å²) in [6.45, 7) is 0.544. The van der Waals surface area contributed by atoms with Gasteiger partial charge in [0.25, 0.3) is 0 Å². The van der Waals surface area contributed by atoms with Crippen molar-refractivity contribution < 1.29 is 4.79 Å². The Balaban J connectivity index is 1.67. The molecule has 1 atom stereocenters. The minimum absolute atomic E-state index is 0.0614. The number of amides is 1. The maximum absolute atomic E-state index is 13.2. The van der Waals surface area contributed by atoms with Gasteiger partial charge in [-0.05, 0) is 45.7 Å². The van der Waals surface area contributed by atoms with Gasteiger partial charge in [-0.3, -0.25) is 4.79 Å². The Morgan fingerprint density at radius 3 is 2.34 bits per heavy atom. The molecule has 1 unspecified atom stereocenters. The first kappa shape index (κ1) is 18.0. The fraction of sp³-hybridized carbons (Fsp3) is 0.115. The fourth-order valence-corrected chi connectivity index (χ4v) is 4.45. The lowest BCUT2D eigenvalue weighted by molar-refractivity contribution is -0.119. The van der Waals surface area contributed by atoms with Gasteiger partial charge in [-0.1, -0.05) is 84.4 Å². The highest BCUT2D eigenvalue weighted by Crippen LogP contribution is 2.44. The monoisotopic (exact) mass is 397 g/mol. The molecule has 3 heteroatoms. The number of carbonyl (C=O) groups is 1. The number of hydrogen-bond acceptors (Lipinski definition) is 1. The Bertz CT molecular complexity index is 1180. The molecule has 0 saturated carbocycles. The standard InChI is InChI=1S/C26H20ClNO/c27-21-13-10-18(11-14-21)17-28-24-15-12-20-8-4-5-9-22(20)26(24)23(16-25(28)29)19-6-2-1-3-7-19/h1-15,23H,16-17H2. The van der Waals surface area contributed by atoms with Crippen LogP contribution in [-0.4, -0.2) is 5.91 Å². The van der Waals surface area contributed by atoms with Gasteiger partial charge in [0, 0.05) is 23.0 Å². The lowest BCUT2D eigenvalue weighted by Crippen LogP contribution is -2.36. The first-order chi connectivity index (χ1) is 14.2. The number of halogens is 1. The maximum Gasteiger partial charge on any atom is 0.228 e. The summed E-state index contributed by atoms with van der Waals surface area (Å²) in [6, 6.07) is 30.7. The van der Waals surface area contributed by atoms with E-state index in [-0.39, 0.29) is 11.8 Å². The number of nitrogens with zero attached hydrogens (tertiary/aromatic N) is 1. The van der Waals surface area contributed by atoms with Crippen LogP contribution < -0.4 is 4.90 Å². The second-order valence-corrected chi connectivity index (χ2v) is 7.93. The number of rotatable bonds is 3. The molecule has 1 aliphatic heterocycles. The molecular weight excluding hydrogens is 378 g/mol. The summed E-state index contributed by atoms with van der Waals surface area (Å²) in [5, 5.41) is 3.12. The molecule has 142 valence electrons. The summed E-state index contributed by atoms with van der Waals surface area (Å²) in [5.74, 6) is 0.211. The number of anilines is 1. The Hall–Kier alpha value is -3.10. The zero-order valence-corrected chi connectivity index (χ0v) is 16.6.